The van der Waals surface area contributed by atoms with Gasteiger partial charge in [0.1, 0.15) is 5.76 Å². The predicted molar refractivity (Wildman–Crippen MR) is 66.5 cm³/mol. The number of hydrogen-bond donors (Lipinski definition) is 2. The second kappa shape index (κ2) is 6.60. The van der Waals surface area contributed by atoms with Crippen LogP contribution in [0.4, 0.5) is 0 Å². The number of carbonyl (C=O) groups is 1. The number of carbonyl (C=O) groups excluding carboxylic acids is 1. The van der Waals surface area contributed by atoms with Crippen molar-refractivity contribution >= 4 is 17.7 Å². The number of amides is 1. The van der Waals surface area contributed by atoms with E-state index < -0.39 is 0 Å². The quantitative estimate of drug-likeness (QED) is 0.792. The van der Waals surface area contributed by atoms with Gasteiger partial charge in [0.2, 0.25) is 0 Å². The van der Waals surface area contributed by atoms with Gasteiger partial charge in [0.15, 0.2) is 5.76 Å². The molecule has 0 aromatic carbocycles. The lowest BCUT2D eigenvalue weighted by Gasteiger charge is -2.09. The summed E-state index contributed by atoms with van der Waals surface area (Å²) in [6.45, 7) is 3.08. The molecular formula is C11H18N2O2S. The highest BCUT2D eigenvalue weighted by atomic mass is 32.2. The number of hydrogen-bond acceptors (Lipinski definition) is 4. The molecule has 1 unspecified atom stereocenters. The fraction of sp³-hybridized carbons (Fsp3) is 0.545. The van der Waals surface area contributed by atoms with Gasteiger partial charge in [-0.1, -0.05) is 6.92 Å². The van der Waals surface area contributed by atoms with Crippen LogP contribution in [-0.4, -0.2) is 24.5 Å². The molecule has 4 nitrogen and oxygen atoms in total. The first-order valence-electron chi connectivity index (χ1n) is 5.23. The standard InChI is InChI=1S/C11H18N2O2S/c1-8(7-16-2)6-13-11(14)10-4-3-9(5-12)15-10/h3-4,8H,5-7,12H2,1-2H3,(H,13,14). The van der Waals surface area contributed by atoms with Gasteiger partial charge in [-0.25, -0.2) is 0 Å². The zero-order valence-electron chi connectivity index (χ0n) is 9.66. The molecule has 0 aliphatic heterocycles. The highest BCUT2D eigenvalue weighted by molar-refractivity contribution is 7.98. The Labute approximate surface area is 100.0 Å². The van der Waals surface area contributed by atoms with Crippen LogP contribution < -0.4 is 11.1 Å². The Morgan fingerprint density at radius 3 is 2.94 bits per heavy atom. The van der Waals surface area contributed by atoms with Crippen molar-refractivity contribution in [3.63, 3.8) is 0 Å². The van der Waals surface area contributed by atoms with Crippen molar-refractivity contribution in [3.05, 3.63) is 23.7 Å². The number of nitrogens with one attached hydrogen (secondary N) is 1. The van der Waals surface area contributed by atoms with Gasteiger partial charge in [-0.15, -0.1) is 0 Å². The number of furan rings is 1. The third kappa shape index (κ3) is 3.90. The summed E-state index contributed by atoms with van der Waals surface area (Å²) in [5, 5.41) is 2.83. The Balaban J connectivity index is 2.40. The molecule has 5 heteroatoms. The maximum atomic E-state index is 11.6. The Morgan fingerprint density at radius 2 is 2.38 bits per heavy atom. The zero-order valence-corrected chi connectivity index (χ0v) is 10.5. The van der Waals surface area contributed by atoms with E-state index in [1.165, 1.54) is 0 Å². The van der Waals surface area contributed by atoms with E-state index in [9.17, 15) is 4.79 Å². The maximum Gasteiger partial charge on any atom is 0.287 e. The topological polar surface area (TPSA) is 68.3 Å². The first-order chi connectivity index (χ1) is 7.67. The molecule has 0 bridgehead atoms. The molecule has 0 fully saturated rings. The molecule has 1 heterocycles. The van der Waals surface area contributed by atoms with Crippen LogP contribution in [0, 0.1) is 5.92 Å². The van der Waals surface area contributed by atoms with E-state index in [0.717, 1.165) is 5.75 Å². The molecule has 3 N–H and O–H groups in total. The third-order valence-electron chi connectivity index (χ3n) is 2.15. The molecule has 0 spiro atoms. The lowest BCUT2D eigenvalue weighted by atomic mass is 10.2. The van der Waals surface area contributed by atoms with Crippen LogP contribution in [0.3, 0.4) is 0 Å². The van der Waals surface area contributed by atoms with Gasteiger partial charge in [0.05, 0.1) is 6.54 Å². The van der Waals surface area contributed by atoms with Gasteiger partial charge in [-0.05, 0) is 30.1 Å². The van der Waals surface area contributed by atoms with E-state index >= 15 is 0 Å². The molecule has 0 aliphatic rings. The van der Waals surface area contributed by atoms with Crippen molar-refractivity contribution in [2.75, 3.05) is 18.6 Å². The molecule has 1 aromatic heterocycles. The van der Waals surface area contributed by atoms with Gasteiger partial charge in [0, 0.05) is 6.54 Å². The first kappa shape index (κ1) is 13.1. The van der Waals surface area contributed by atoms with Gasteiger partial charge in [0.25, 0.3) is 5.91 Å². The van der Waals surface area contributed by atoms with Crippen LogP contribution in [0.5, 0.6) is 0 Å². The van der Waals surface area contributed by atoms with Crippen LogP contribution in [-0.2, 0) is 6.54 Å². The van der Waals surface area contributed by atoms with Crippen LogP contribution in [0.1, 0.15) is 23.2 Å². The van der Waals surface area contributed by atoms with E-state index in [1.54, 1.807) is 23.9 Å². The summed E-state index contributed by atoms with van der Waals surface area (Å²) < 4.78 is 5.24. The smallest absolute Gasteiger partial charge is 0.287 e. The van der Waals surface area contributed by atoms with Gasteiger partial charge in [-0.2, -0.15) is 11.8 Å². The van der Waals surface area contributed by atoms with Gasteiger partial charge >= 0.3 is 0 Å². The van der Waals surface area contributed by atoms with E-state index in [1.807, 2.05) is 0 Å². The molecular weight excluding hydrogens is 224 g/mol. The minimum absolute atomic E-state index is 0.173. The largest absolute Gasteiger partial charge is 0.455 e. The lowest BCUT2D eigenvalue weighted by Crippen LogP contribution is -2.28. The molecule has 90 valence electrons. The fourth-order valence-electron chi connectivity index (χ4n) is 1.31. The van der Waals surface area contributed by atoms with Crippen molar-refractivity contribution in [2.24, 2.45) is 11.7 Å². The molecule has 1 aromatic rings. The Morgan fingerprint density at radius 1 is 1.62 bits per heavy atom. The molecule has 1 rings (SSSR count). The van der Waals surface area contributed by atoms with Crippen molar-refractivity contribution in [1.29, 1.82) is 0 Å². The Kier molecular flexibility index (Phi) is 5.42. The Bertz CT molecular complexity index is 338. The highest BCUT2D eigenvalue weighted by Gasteiger charge is 2.11. The second-order valence-electron chi connectivity index (χ2n) is 3.74. The van der Waals surface area contributed by atoms with Crippen molar-refractivity contribution in [1.82, 2.24) is 5.32 Å². The summed E-state index contributed by atoms with van der Waals surface area (Å²) in [5.41, 5.74) is 5.40. The van der Waals surface area contributed by atoms with Gasteiger partial charge in [-0.3, -0.25) is 4.79 Å². The highest BCUT2D eigenvalue weighted by Crippen LogP contribution is 2.07. The zero-order chi connectivity index (χ0) is 12.0. The molecule has 0 saturated heterocycles. The van der Waals surface area contributed by atoms with E-state index in [2.05, 4.69) is 18.5 Å². The summed E-state index contributed by atoms with van der Waals surface area (Å²) in [7, 11) is 0. The van der Waals surface area contributed by atoms with E-state index in [-0.39, 0.29) is 5.91 Å². The van der Waals surface area contributed by atoms with Crippen LogP contribution in [0.25, 0.3) is 0 Å². The minimum atomic E-state index is -0.173. The first-order valence-corrected chi connectivity index (χ1v) is 6.62. The third-order valence-corrected chi connectivity index (χ3v) is 3.05. The monoisotopic (exact) mass is 242 g/mol. The SMILES string of the molecule is CSCC(C)CNC(=O)c1ccc(CN)o1. The van der Waals surface area contributed by atoms with Crippen molar-refractivity contribution < 1.29 is 9.21 Å². The molecule has 1 atom stereocenters. The second-order valence-corrected chi connectivity index (χ2v) is 4.65. The normalized spacial score (nSPS) is 12.4. The molecule has 1 amide bonds. The van der Waals surface area contributed by atoms with Gasteiger partial charge < -0.3 is 15.5 Å². The minimum Gasteiger partial charge on any atom is -0.455 e. The number of rotatable bonds is 6. The summed E-state index contributed by atoms with van der Waals surface area (Å²) in [6.07, 6.45) is 2.05. The molecule has 0 saturated carbocycles. The van der Waals surface area contributed by atoms with Crippen LogP contribution >= 0.6 is 11.8 Å². The average molecular weight is 242 g/mol. The Hall–Kier alpha value is -0.940. The summed E-state index contributed by atoms with van der Waals surface area (Å²) >= 11 is 1.77. The lowest BCUT2D eigenvalue weighted by molar-refractivity contribution is 0.0920. The summed E-state index contributed by atoms with van der Waals surface area (Å²) in [4.78, 5) is 11.6. The molecule has 0 aliphatic carbocycles. The van der Waals surface area contributed by atoms with E-state index in [0.29, 0.717) is 30.5 Å². The maximum absolute atomic E-state index is 11.6. The summed E-state index contributed by atoms with van der Waals surface area (Å²) in [5.74, 6) is 2.28. The average Bonchev–Trinajstić information content (AvgIpc) is 2.75. The number of thioether (sulfide) groups is 1. The van der Waals surface area contributed by atoms with E-state index in [4.69, 9.17) is 10.2 Å². The van der Waals surface area contributed by atoms with Crippen molar-refractivity contribution in [3.8, 4) is 0 Å². The predicted octanol–water partition coefficient (Wildman–Crippen LogP) is 1.47. The van der Waals surface area contributed by atoms with Crippen LogP contribution in [0.2, 0.25) is 0 Å². The van der Waals surface area contributed by atoms with Crippen LogP contribution in [0.15, 0.2) is 16.5 Å². The van der Waals surface area contributed by atoms with Crippen molar-refractivity contribution in [2.45, 2.75) is 13.5 Å². The fourth-order valence-corrected chi connectivity index (χ4v) is 1.99. The number of nitrogens with two attached hydrogens (primary N) is 1. The molecule has 16 heavy (non-hydrogen) atoms. The summed E-state index contributed by atoms with van der Waals surface area (Å²) in [6, 6.07) is 3.37. The molecule has 0 radical (unpaired) electrons.